The summed E-state index contributed by atoms with van der Waals surface area (Å²) >= 11 is 0. The lowest BCUT2D eigenvalue weighted by atomic mass is 10.1. The molecule has 0 saturated heterocycles. The SMILES string of the molecule is CCc1cnc(NC(=O)[C@@](C)(O)CS(=O)(=O)c2ccc(F)cc2)nc1C(F)(F)F. The zero-order chi connectivity index (χ0) is 22.0. The topological polar surface area (TPSA) is 109 Å². The van der Waals surface area contributed by atoms with Crippen LogP contribution in [0.5, 0.6) is 0 Å². The molecule has 0 aliphatic carbocycles. The van der Waals surface area contributed by atoms with Crippen LogP contribution in [0.1, 0.15) is 25.1 Å². The molecule has 0 bridgehead atoms. The Balaban J connectivity index is 2.24. The fourth-order valence-electron chi connectivity index (χ4n) is 2.37. The van der Waals surface area contributed by atoms with E-state index in [2.05, 4.69) is 9.97 Å². The Bertz CT molecular complexity index is 1010. The third-order valence-electron chi connectivity index (χ3n) is 3.87. The minimum Gasteiger partial charge on any atom is -0.379 e. The number of carbonyl (C=O) groups excluding carboxylic acids is 1. The highest BCUT2D eigenvalue weighted by atomic mass is 32.2. The van der Waals surface area contributed by atoms with Crippen LogP contribution in [0.4, 0.5) is 23.5 Å². The standard InChI is InChI=1S/C17H17F4N3O4S/c1-3-10-8-22-15(23-13(10)17(19,20)21)24-14(25)16(2,26)9-29(27,28)12-6-4-11(18)5-7-12/h4-8,26H,3,9H2,1-2H3,(H,22,23,24,25)/t16-/m0/s1. The summed E-state index contributed by atoms with van der Waals surface area (Å²) in [5.74, 6) is -3.84. The van der Waals surface area contributed by atoms with Gasteiger partial charge in [-0.2, -0.15) is 13.2 Å². The first-order chi connectivity index (χ1) is 13.3. The third-order valence-corrected chi connectivity index (χ3v) is 5.80. The van der Waals surface area contributed by atoms with Gasteiger partial charge in [-0.3, -0.25) is 10.1 Å². The number of carbonyl (C=O) groups is 1. The van der Waals surface area contributed by atoms with Gasteiger partial charge in [0.2, 0.25) is 5.95 Å². The summed E-state index contributed by atoms with van der Waals surface area (Å²) in [5.41, 5.74) is -3.97. The molecule has 0 unspecified atom stereocenters. The van der Waals surface area contributed by atoms with Gasteiger partial charge in [0.05, 0.1) is 10.6 Å². The molecule has 29 heavy (non-hydrogen) atoms. The Morgan fingerprint density at radius 2 is 1.79 bits per heavy atom. The Kier molecular flexibility index (Phi) is 6.28. The van der Waals surface area contributed by atoms with E-state index >= 15 is 0 Å². The number of nitrogens with zero attached hydrogens (tertiary/aromatic N) is 2. The van der Waals surface area contributed by atoms with Crippen molar-refractivity contribution in [1.82, 2.24) is 9.97 Å². The molecule has 0 fully saturated rings. The largest absolute Gasteiger partial charge is 0.433 e. The van der Waals surface area contributed by atoms with Crippen LogP contribution in [0, 0.1) is 5.82 Å². The summed E-state index contributed by atoms with van der Waals surface area (Å²) < 4.78 is 76.8. The lowest BCUT2D eigenvalue weighted by molar-refractivity contribution is -0.142. The number of rotatable bonds is 6. The van der Waals surface area contributed by atoms with Crippen LogP contribution in [0.25, 0.3) is 0 Å². The number of hydrogen-bond donors (Lipinski definition) is 2. The number of aliphatic hydroxyl groups is 1. The highest BCUT2D eigenvalue weighted by Gasteiger charge is 2.39. The second-order valence-electron chi connectivity index (χ2n) is 6.36. The van der Waals surface area contributed by atoms with Crippen LogP contribution in [0.15, 0.2) is 35.4 Å². The molecule has 12 heteroatoms. The number of halogens is 4. The number of aromatic nitrogens is 2. The number of hydrogen-bond acceptors (Lipinski definition) is 6. The van der Waals surface area contributed by atoms with Crippen LogP contribution in [0.3, 0.4) is 0 Å². The normalized spacial score (nSPS) is 14.3. The molecule has 1 heterocycles. The van der Waals surface area contributed by atoms with Crippen molar-refractivity contribution in [3.05, 3.63) is 47.5 Å². The van der Waals surface area contributed by atoms with Crippen LogP contribution in [-0.2, 0) is 27.2 Å². The Morgan fingerprint density at radius 3 is 2.31 bits per heavy atom. The number of anilines is 1. The van der Waals surface area contributed by atoms with Crippen molar-refractivity contribution >= 4 is 21.7 Å². The molecule has 0 aliphatic heterocycles. The molecule has 0 aliphatic rings. The summed E-state index contributed by atoms with van der Waals surface area (Å²) in [6.07, 6.45) is -3.91. The third kappa shape index (κ3) is 5.48. The zero-order valence-corrected chi connectivity index (χ0v) is 16.1. The van der Waals surface area contributed by atoms with Gasteiger partial charge in [0.25, 0.3) is 5.91 Å². The van der Waals surface area contributed by atoms with Crippen molar-refractivity contribution in [1.29, 1.82) is 0 Å². The molecule has 1 atom stereocenters. The second-order valence-corrected chi connectivity index (χ2v) is 8.35. The highest BCUT2D eigenvalue weighted by molar-refractivity contribution is 7.91. The van der Waals surface area contributed by atoms with E-state index in [9.17, 15) is 35.9 Å². The summed E-state index contributed by atoms with van der Waals surface area (Å²) in [5, 5.41) is 12.2. The first-order valence-corrected chi connectivity index (χ1v) is 9.87. The van der Waals surface area contributed by atoms with Crippen LogP contribution in [-0.4, -0.2) is 40.8 Å². The van der Waals surface area contributed by atoms with Crippen molar-refractivity contribution in [2.45, 2.75) is 36.9 Å². The Morgan fingerprint density at radius 1 is 1.21 bits per heavy atom. The average molecular weight is 435 g/mol. The van der Waals surface area contributed by atoms with E-state index in [1.54, 1.807) is 0 Å². The van der Waals surface area contributed by atoms with E-state index in [4.69, 9.17) is 0 Å². The van der Waals surface area contributed by atoms with Gasteiger partial charge in [-0.05, 0) is 37.6 Å². The molecule has 1 aromatic carbocycles. The summed E-state index contributed by atoms with van der Waals surface area (Å²) in [6.45, 7) is 2.34. The highest BCUT2D eigenvalue weighted by Crippen LogP contribution is 2.31. The average Bonchev–Trinajstić information content (AvgIpc) is 2.60. The molecular formula is C17H17F4N3O4S. The minimum atomic E-state index is -4.79. The van der Waals surface area contributed by atoms with Gasteiger partial charge in [-0.1, -0.05) is 6.92 Å². The van der Waals surface area contributed by atoms with E-state index in [1.165, 1.54) is 6.92 Å². The van der Waals surface area contributed by atoms with E-state index < -0.39 is 50.7 Å². The quantitative estimate of drug-likeness (QED) is 0.533. The molecule has 2 N–H and O–H groups in total. The maximum atomic E-state index is 13.1. The lowest BCUT2D eigenvalue weighted by Crippen LogP contribution is -2.46. The van der Waals surface area contributed by atoms with Gasteiger partial charge in [-0.15, -0.1) is 0 Å². The predicted molar refractivity (Wildman–Crippen MR) is 94.1 cm³/mol. The number of aryl methyl sites for hydroxylation is 1. The summed E-state index contributed by atoms with van der Waals surface area (Å²) in [4.78, 5) is 18.8. The van der Waals surface area contributed by atoms with E-state index in [0.717, 1.165) is 37.4 Å². The minimum absolute atomic E-state index is 0.00328. The van der Waals surface area contributed by atoms with Crippen molar-refractivity contribution in [3.63, 3.8) is 0 Å². The van der Waals surface area contributed by atoms with Gasteiger partial charge in [0.15, 0.2) is 21.1 Å². The fraction of sp³-hybridized carbons (Fsp3) is 0.353. The second kappa shape index (κ2) is 8.03. The van der Waals surface area contributed by atoms with Crippen molar-refractivity contribution in [2.75, 3.05) is 11.1 Å². The van der Waals surface area contributed by atoms with E-state index in [-0.39, 0.29) is 16.9 Å². The number of nitrogens with one attached hydrogen (secondary N) is 1. The van der Waals surface area contributed by atoms with Crippen molar-refractivity contribution in [3.8, 4) is 0 Å². The molecular weight excluding hydrogens is 418 g/mol. The first kappa shape index (κ1) is 22.7. The van der Waals surface area contributed by atoms with Crippen LogP contribution < -0.4 is 5.32 Å². The van der Waals surface area contributed by atoms with Gasteiger partial charge in [-0.25, -0.2) is 22.8 Å². The van der Waals surface area contributed by atoms with Crippen LogP contribution in [0.2, 0.25) is 0 Å². The van der Waals surface area contributed by atoms with Crippen LogP contribution >= 0.6 is 0 Å². The molecule has 1 aromatic heterocycles. The molecule has 7 nitrogen and oxygen atoms in total. The smallest absolute Gasteiger partial charge is 0.379 e. The predicted octanol–water partition coefficient (Wildman–Crippen LogP) is 2.36. The molecule has 1 amide bonds. The Hall–Kier alpha value is -2.60. The van der Waals surface area contributed by atoms with Crippen molar-refractivity contribution in [2.24, 2.45) is 0 Å². The number of benzene rings is 1. The summed E-state index contributed by atoms with van der Waals surface area (Å²) in [7, 11) is -4.21. The van der Waals surface area contributed by atoms with E-state index in [0.29, 0.717) is 0 Å². The summed E-state index contributed by atoms with van der Waals surface area (Å²) in [6, 6.07) is 3.70. The van der Waals surface area contributed by atoms with Gasteiger partial charge in [0.1, 0.15) is 5.82 Å². The molecule has 158 valence electrons. The molecule has 0 spiro atoms. The molecule has 2 rings (SSSR count). The number of amides is 1. The van der Waals surface area contributed by atoms with Gasteiger partial charge >= 0.3 is 6.18 Å². The monoisotopic (exact) mass is 435 g/mol. The Labute approximate surface area is 163 Å². The molecule has 2 aromatic rings. The first-order valence-electron chi connectivity index (χ1n) is 8.21. The molecule has 0 radical (unpaired) electrons. The fourth-order valence-corrected chi connectivity index (χ4v) is 3.96. The maximum Gasteiger partial charge on any atom is 0.433 e. The van der Waals surface area contributed by atoms with Gasteiger partial charge < -0.3 is 5.11 Å². The lowest BCUT2D eigenvalue weighted by Gasteiger charge is -2.22. The van der Waals surface area contributed by atoms with Crippen molar-refractivity contribution < 1.29 is 35.9 Å². The number of alkyl halides is 3. The molecule has 0 saturated carbocycles. The van der Waals surface area contributed by atoms with E-state index in [1.807, 2.05) is 5.32 Å². The number of sulfone groups is 1. The zero-order valence-electron chi connectivity index (χ0n) is 15.3. The maximum absolute atomic E-state index is 13.1. The van der Waals surface area contributed by atoms with Gasteiger partial charge in [0, 0.05) is 11.8 Å².